The molecule has 2 rings (SSSR count). The molecule has 150 valence electrons. The number of morpholine rings is 1. The third kappa shape index (κ3) is 6.13. The van der Waals surface area contributed by atoms with Gasteiger partial charge in [-0.05, 0) is 19.8 Å². The second-order valence-corrected chi connectivity index (χ2v) is 7.54. The smallest absolute Gasteiger partial charge is 0.223 e. The first-order valence-electron chi connectivity index (χ1n) is 10.1. The summed E-state index contributed by atoms with van der Waals surface area (Å²) in [6.45, 7) is 7.98. The van der Waals surface area contributed by atoms with Crippen LogP contribution in [0.15, 0.2) is 4.99 Å². The summed E-state index contributed by atoms with van der Waals surface area (Å²) in [6, 6.07) is 0. The fourth-order valence-corrected chi connectivity index (χ4v) is 3.90. The molecule has 1 heterocycles. The Hall–Kier alpha value is -1.34. The Morgan fingerprint density at radius 3 is 2.46 bits per heavy atom. The van der Waals surface area contributed by atoms with Crippen LogP contribution in [-0.2, 0) is 9.53 Å². The largest absolute Gasteiger partial charge is 0.379 e. The Labute approximate surface area is 158 Å². The van der Waals surface area contributed by atoms with Crippen molar-refractivity contribution in [1.82, 2.24) is 20.4 Å². The van der Waals surface area contributed by atoms with Crippen molar-refractivity contribution < 1.29 is 9.53 Å². The van der Waals surface area contributed by atoms with Gasteiger partial charge in [0.2, 0.25) is 5.91 Å². The molecular formula is C19H37N5O2. The van der Waals surface area contributed by atoms with Gasteiger partial charge in [0.1, 0.15) is 0 Å². The number of aliphatic imine (C=N–C) groups is 1. The maximum Gasteiger partial charge on any atom is 0.223 e. The monoisotopic (exact) mass is 367 g/mol. The minimum atomic E-state index is 0.130. The van der Waals surface area contributed by atoms with Crippen molar-refractivity contribution in [1.29, 1.82) is 0 Å². The Bertz CT molecular complexity index is 455. The number of carbonyl (C=O) groups is 1. The van der Waals surface area contributed by atoms with E-state index >= 15 is 0 Å². The molecule has 0 aromatic heterocycles. The summed E-state index contributed by atoms with van der Waals surface area (Å²) >= 11 is 0. The first kappa shape index (κ1) is 21.0. The van der Waals surface area contributed by atoms with Crippen LogP contribution in [0, 0.1) is 0 Å². The molecule has 2 aliphatic rings. The van der Waals surface area contributed by atoms with Gasteiger partial charge >= 0.3 is 0 Å². The number of rotatable bonds is 7. The number of nitrogens with zero attached hydrogens (tertiary/aromatic N) is 3. The topological polar surface area (TPSA) is 69.2 Å². The SMILES string of the molecule is CCNC(=NCC1(N2CCOCC2)CCCCC1)NCCC(=O)N(C)C. The highest BCUT2D eigenvalue weighted by molar-refractivity contribution is 5.81. The van der Waals surface area contributed by atoms with Crippen LogP contribution in [0.1, 0.15) is 45.4 Å². The van der Waals surface area contributed by atoms with E-state index in [9.17, 15) is 4.79 Å². The standard InChI is InChI=1S/C19H37N5O2/c1-4-20-18(21-11-8-17(25)23(2)3)22-16-19(9-6-5-7-10-19)24-12-14-26-15-13-24/h4-16H2,1-3H3,(H2,20,21,22). The Kier molecular flexibility index (Phi) is 8.65. The van der Waals surface area contributed by atoms with E-state index in [1.807, 2.05) is 0 Å². The van der Waals surface area contributed by atoms with E-state index in [0.717, 1.165) is 45.4 Å². The molecule has 2 fully saturated rings. The van der Waals surface area contributed by atoms with Crippen LogP contribution in [0.4, 0.5) is 0 Å². The van der Waals surface area contributed by atoms with Crippen LogP contribution < -0.4 is 10.6 Å². The van der Waals surface area contributed by atoms with Crippen molar-refractivity contribution in [3.8, 4) is 0 Å². The molecule has 0 aromatic carbocycles. The molecule has 2 N–H and O–H groups in total. The zero-order valence-corrected chi connectivity index (χ0v) is 16.9. The predicted octanol–water partition coefficient (Wildman–Crippen LogP) is 1.05. The molecule has 1 saturated carbocycles. The van der Waals surface area contributed by atoms with Gasteiger partial charge < -0.3 is 20.3 Å². The van der Waals surface area contributed by atoms with Crippen molar-refractivity contribution in [3.05, 3.63) is 0 Å². The van der Waals surface area contributed by atoms with Crippen LogP contribution in [-0.4, -0.2) is 87.2 Å². The second-order valence-electron chi connectivity index (χ2n) is 7.54. The normalized spacial score (nSPS) is 21.3. The van der Waals surface area contributed by atoms with Crippen molar-refractivity contribution in [2.24, 2.45) is 4.99 Å². The van der Waals surface area contributed by atoms with E-state index in [4.69, 9.17) is 9.73 Å². The molecule has 1 saturated heterocycles. The third-order valence-corrected chi connectivity index (χ3v) is 5.47. The van der Waals surface area contributed by atoms with Crippen LogP contribution in [0.3, 0.4) is 0 Å². The van der Waals surface area contributed by atoms with Gasteiger partial charge in [0.25, 0.3) is 0 Å². The average Bonchev–Trinajstić information content (AvgIpc) is 2.67. The maximum absolute atomic E-state index is 11.8. The number of nitrogens with one attached hydrogen (secondary N) is 2. The van der Waals surface area contributed by atoms with Crippen LogP contribution >= 0.6 is 0 Å². The number of carbonyl (C=O) groups excluding carboxylic acids is 1. The van der Waals surface area contributed by atoms with E-state index in [0.29, 0.717) is 13.0 Å². The molecule has 0 bridgehead atoms. The number of hydrogen-bond acceptors (Lipinski definition) is 4. The number of ether oxygens (including phenoxy) is 1. The van der Waals surface area contributed by atoms with Crippen LogP contribution in [0.25, 0.3) is 0 Å². The molecular weight excluding hydrogens is 330 g/mol. The zero-order chi connectivity index (χ0) is 18.8. The highest BCUT2D eigenvalue weighted by atomic mass is 16.5. The van der Waals surface area contributed by atoms with Gasteiger partial charge in [0, 0.05) is 52.2 Å². The molecule has 0 aromatic rings. The predicted molar refractivity (Wildman–Crippen MR) is 106 cm³/mol. The lowest BCUT2D eigenvalue weighted by Gasteiger charge is -2.47. The lowest BCUT2D eigenvalue weighted by Crippen LogP contribution is -2.56. The van der Waals surface area contributed by atoms with Gasteiger partial charge in [-0.3, -0.25) is 14.7 Å². The van der Waals surface area contributed by atoms with Gasteiger partial charge in [-0.15, -0.1) is 0 Å². The zero-order valence-electron chi connectivity index (χ0n) is 16.9. The number of hydrogen-bond donors (Lipinski definition) is 2. The van der Waals surface area contributed by atoms with Gasteiger partial charge in [-0.2, -0.15) is 0 Å². The fourth-order valence-electron chi connectivity index (χ4n) is 3.90. The minimum absolute atomic E-state index is 0.130. The van der Waals surface area contributed by atoms with Gasteiger partial charge in [-0.25, -0.2) is 0 Å². The number of guanidine groups is 1. The summed E-state index contributed by atoms with van der Waals surface area (Å²) in [5.41, 5.74) is 0.170. The quantitative estimate of drug-likeness (QED) is 0.520. The summed E-state index contributed by atoms with van der Waals surface area (Å²) in [6.07, 6.45) is 6.82. The van der Waals surface area contributed by atoms with Gasteiger partial charge in [0.05, 0.1) is 19.8 Å². The van der Waals surface area contributed by atoms with E-state index in [-0.39, 0.29) is 11.4 Å². The van der Waals surface area contributed by atoms with Crippen molar-refractivity contribution >= 4 is 11.9 Å². The average molecular weight is 368 g/mol. The van der Waals surface area contributed by atoms with Crippen LogP contribution in [0.5, 0.6) is 0 Å². The lowest BCUT2D eigenvalue weighted by atomic mass is 9.80. The molecule has 0 radical (unpaired) electrons. The fraction of sp³-hybridized carbons (Fsp3) is 0.895. The minimum Gasteiger partial charge on any atom is -0.379 e. The molecule has 1 aliphatic carbocycles. The highest BCUT2D eigenvalue weighted by Gasteiger charge is 2.38. The van der Waals surface area contributed by atoms with Gasteiger partial charge in [-0.1, -0.05) is 19.3 Å². The lowest BCUT2D eigenvalue weighted by molar-refractivity contribution is -0.128. The number of amides is 1. The molecule has 26 heavy (non-hydrogen) atoms. The highest BCUT2D eigenvalue weighted by Crippen LogP contribution is 2.34. The van der Waals surface area contributed by atoms with E-state index in [1.165, 1.54) is 32.1 Å². The molecule has 7 nitrogen and oxygen atoms in total. The van der Waals surface area contributed by atoms with E-state index in [2.05, 4.69) is 22.5 Å². The molecule has 0 unspecified atom stereocenters. The van der Waals surface area contributed by atoms with Crippen molar-refractivity contribution in [3.63, 3.8) is 0 Å². The molecule has 0 atom stereocenters. The van der Waals surface area contributed by atoms with E-state index in [1.54, 1.807) is 19.0 Å². The summed E-state index contributed by atoms with van der Waals surface area (Å²) in [5, 5.41) is 6.63. The molecule has 7 heteroatoms. The van der Waals surface area contributed by atoms with E-state index < -0.39 is 0 Å². The Balaban J connectivity index is 1.97. The first-order chi connectivity index (χ1) is 12.6. The van der Waals surface area contributed by atoms with Crippen LogP contribution in [0.2, 0.25) is 0 Å². The molecule has 1 aliphatic heterocycles. The summed E-state index contributed by atoms with van der Waals surface area (Å²) in [5.74, 6) is 0.947. The summed E-state index contributed by atoms with van der Waals surface area (Å²) < 4.78 is 5.56. The molecule has 0 spiro atoms. The summed E-state index contributed by atoms with van der Waals surface area (Å²) in [7, 11) is 3.58. The van der Waals surface area contributed by atoms with Gasteiger partial charge in [0.15, 0.2) is 5.96 Å². The van der Waals surface area contributed by atoms with Crippen molar-refractivity contribution in [2.75, 3.05) is 60.0 Å². The second kappa shape index (κ2) is 10.7. The Morgan fingerprint density at radius 2 is 1.85 bits per heavy atom. The summed E-state index contributed by atoms with van der Waals surface area (Å²) in [4.78, 5) is 20.9. The first-order valence-corrected chi connectivity index (χ1v) is 10.1. The Morgan fingerprint density at radius 1 is 1.15 bits per heavy atom. The third-order valence-electron chi connectivity index (χ3n) is 5.47. The molecule has 1 amide bonds. The maximum atomic E-state index is 11.8. The van der Waals surface area contributed by atoms with Crippen molar-refractivity contribution in [2.45, 2.75) is 51.0 Å².